The second-order valence-corrected chi connectivity index (χ2v) is 7.05. The lowest BCUT2D eigenvalue weighted by Crippen LogP contribution is -2.23. The predicted octanol–water partition coefficient (Wildman–Crippen LogP) is 4.31. The van der Waals surface area contributed by atoms with Gasteiger partial charge in [0.1, 0.15) is 23.5 Å². The number of fused-ring (bicyclic) bond motifs is 1. The summed E-state index contributed by atoms with van der Waals surface area (Å²) in [6.45, 7) is 1.77. The highest BCUT2D eigenvalue weighted by molar-refractivity contribution is 6.31. The Bertz CT molecular complexity index is 1130. The fourth-order valence-electron chi connectivity index (χ4n) is 3.31. The lowest BCUT2D eigenvalue weighted by molar-refractivity contribution is -0.123. The van der Waals surface area contributed by atoms with Gasteiger partial charge in [0.2, 0.25) is 5.91 Å². The van der Waals surface area contributed by atoms with Gasteiger partial charge < -0.3 is 10.6 Å². The molecule has 3 aromatic rings. The van der Waals surface area contributed by atoms with Crippen molar-refractivity contribution < 1.29 is 18.4 Å². The minimum atomic E-state index is -0.839. The van der Waals surface area contributed by atoms with Crippen molar-refractivity contribution >= 4 is 34.9 Å². The maximum absolute atomic E-state index is 13.3. The van der Waals surface area contributed by atoms with Crippen molar-refractivity contribution in [2.75, 3.05) is 10.6 Å². The van der Waals surface area contributed by atoms with E-state index in [9.17, 15) is 18.4 Å². The van der Waals surface area contributed by atoms with Crippen molar-refractivity contribution in [3.63, 3.8) is 0 Å². The van der Waals surface area contributed by atoms with E-state index in [1.165, 1.54) is 28.9 Å². The van der Waals surface area contributed by atoms with Gasteiger partial charge in [-0.25, -0.2) is 13.5 Å². The molecule has 9 heteroatoms. The summed E-state index contributed by atoms with van der Waals surface area (Å²) in [7, 11) is 0. The van der Waals surface area contributed by atoms with E-state index in [4.69, 9.17) is 11.6 Å². The minimum absolute atomic E-state index is 0.115. The molecule has 0 spiro atoms. The summed E-state index contributed by atoms with van der Waals surface area (Å²) in [5.74, 6) is -1.32. The Kier molecular flexibility index (Phi) is 4.79. The van der Waals surface area contributed by atoms with Crippen LogP contribution in [-0.2, 0) is 9.59 Å². The molecular weight excluding hydrogens is 402 g/mol. The van der Waals surface area contributed by atoms with Crippen LogP contribution in [0.1, 0.15) is 18.2 Å². The number of hydrogen-bond acceptors (Lipinski definition) is 3. The van der Waals surface area contributed by atoms with Crippen LogP contribution in [0.5, 0.6) is 0 Å². The third kappa shape index (κ3) is 3.58. The molecule has 2 heterocycles. The van der Waals surface area contributed by atoms with Crippen LogP contribution in [0.15, 0.2) is 42.5 Å². The van der Waals surface area contributed by atoms with Gasteiger partial charge in [-0.1, -0.05) is 23.7 Å². The third-order valence-corrected chi connectivity index (χ3v) is 4.93. The molecule has 2 N–H and O–H groups in total. The zero-order chi connectivity index (χ0) is 20.7. The van der Waals surface area contributed by atoms with E-state index in [-0.39, 0.29) is 23.2 Å². The van der Waals surface area contributed by atoms with Crippen molar-refractivity contribution in [1.82, 2.24) is 9.78 Å². The quantitative estimate of drug-likeness (QED) is 0.665. The summed E-state index contributed by atoms with van der Waals surface area (Å²) >= 11 is 5.72. The van der Waals surface area contributed by atoms with E-state index in [0.717, 1.165) is 6.07 Å². The number of halogens is 3. The van der Waals surface area contributed by atoms with Gasteiger partial charge in [-0.2, -0.15) is 5.10 Å². The molecule has 0 fully saturated rings. The molecule has 2 amide bonds. The summed E-state index contributed by atoms with van der Waals surface area (Å²) in [6, 6.07) is 8.83. The van der Waals surface area contributed by atoms with Crippen molar-refractivity contribution in [1.29, 1.82) is 0 Å². The highest BCUT2D eigenvalue weighted by Gasteiger charge is 2.36. The Hall–Kier alpha value is -3.26. The minimum Gasteiger partial charge on any atom is -0.326 e. The van der Waals surface area contributed by atoms with Gasteiger partial charge in [0, 0.05) is 11.3 Å². The molecule has 0 saturated carbocycles. The Morgan fingerprint density at radius 2 is 1.97 bits per heavy atom. The van der Waals surface area contributed by atoms with Crippen molar-refractivity contribution in [3.05, 3.63) is 64.8 Å². The summed E-state index contributed by atoms with van der Waals surface area (Å²) in [4.78, 5) is 24.9. The molecule has 0 radical (unpaired) electrons. The van der Waals surface area contributed by atoms with Crippen LogP contribution in [0.4, 0.5) is 20.3 Å². The molecule has 0 saturated heterocycles. The van der Waals surface area contributed by atoms with Gasteiger partial charge >= 0.3 is 0 Å². The molecule has 6 nitrogen and oxygen atoms in total. The topological polar surface area (TPSA) is 76.0 Å². The first-order valence-corrected chi connectivity index (χ1v) is 9.12. The van der Waals surface area contributed by atoms with E-state index in [0.29, 0.717) is 28.3 Å². The molecule has 4 rings (SSSR count). The lowest BCUT2D eigenvalue weighted by atomic mass is 10.1. The van der Waals surface area contributed by atoms with Crippen LogP contribution in [-0.4, -0.2) is 21.6 Å². The standard InChI is InChI=1S/C20H15ClF2N4O2/c1-10-18(11-2-4-12(22)5-3-11)19-25-20(29)16(27(19)26-10)9-17(28)24-13-6-7-15(23)14(21)8-13/h2-8,16H,9H2,1H3,(H,24,28)(H,25,29). The SMILES string of the molecule is Cc1nn2c(c1-c1ccc(F)cc1)NC(=O)C2CC(=O)Nc1ccc(F)c(Cl)c1. The molecule has 1 atom stereocenters. The van der Waals surface area contributed by atoms with Crippen LogP contribution in [0.25, 0.3) is 11.1 Å². The number of benzene rings is 2. The number of rotatable bonds is 4. The van der Waals surface area contributed by atoms with Gasteiger partial charge in [0.05, 0.1) is 17.1 Å². The molecule has 148 valence electrons. The summed E-state index contributed by atoms with van der Waals surface area (Å²) in [5, 5.41) is 9.63. The van der Waals surface area contributed by atoms with E-state index >= 15 is 0 Å². The van der Waals surface area contributed by atoms with Crippen LogP contribution in [0.3, 0.4) is 0 Å². The number of aromatic nitrogens is 2. The number of carbonyl (C=O) groups excluding carboxylic acids is 2. The normalized spacial score (nSPS) is 15.2. The first-order valence-electron chi connectivity index (χ1n) is 8.74. The van der Waals surface area contributed by atoms with E-state index in [2.05, 4.69) is 15.7 Å². The fraction of sp³-hybridized carbons (Fsp3) is 0.150. The third-order valence-electron chi connectivity index (χ3n) is 4.64. The largest absolute Gasteiger partial charge is 0.326 e. The summed E-state index contributed by atoms with van der Waals surface area (Å²) in [6.07, 6.45) is -0.169. The van der Waals surface area contributed by atoms with E-state index in [1.54, 1.807) is 19.1 Å². The van der Waals surface area contributed by atoms with Gasteiger partial charge in [0.15, 0.2) is 0 Å². The van der Waals surface area contributed by atoms with Gasteiger partial charge in [-0.05, 0) is 42.8 Å². The number of aryl methyl sites for hydroxylation is 1. The van der Waals surface area contributed by atoms with Crippen LogP contribution < -0.4 is 10.6 Å². The summed E-state index contributed by atoms with van der Waals surface area (Å²) in [5.41, 5.74) is 2.34. The molecule has 0 aliphatic carbocycles. The molecule has 1 aliphatic heterocycles. The molecule has 2 aromatic carbocycles. The van der Waals surface area contributed by atoms with Crippen LogP contribution in [0, 0.1) is 18.6 Å². The molecule has 0 bridgehead atoms. The fourth-order valence-corrected chi connectivity index (χ4v) is 3.49. The zero-order valence-electron chi connectivity index (χ0n) is 15.2. The van der Waals surface area contributed by atoms with Crippen molar-refractivity contribution in [2.45, 2.75) is 19.4 Å². The number of nitrogens with one attached hydrogen (secondary N) is 2. The number of anilines is 2. The highest BCUT2D eigenvalue weighted by atomic mass is 35.5. The van der Waals surface area contributed by atoms with E-state index in [1.807, 2.05) is 0 Å². The maximum atomic E-state index is 13.3. The average Bonchev–Trinajstić information content (AvgIpc) is 3.13. The Morgan fingerprint density at radius 3 is 2.66 bits per heavy atom. The average molecular weight is 417 g/mol. The van der Waals surface area contributed by atoms with Gasteiger partial charge in [0.25, 0.3) is 5.91 Å². The van der Waals surface area contributed by atoms with Crippen LogP contribution >= 0.6 is 11.6 Å². The van der Waals surface area contributed by atoms with Crippen LogP contribution in [0.2, 0.25) is 5.02 Å². The molecule has 29 heavy (non-hydrogen) atoms. The summed E-state index contributed by atoms with van der Waals surface area (Å²) < 4.78 is 28.0. The Balaban J connectivity index is 1.57. The number of amides is 2. The number of carbonyl (C=O) groups is 2. The molecule has 1 aromatic heterocycles. The van der Waals surface area contributed by atoms with E-state index < -0.39 is 17.8 Å². The molecular formula is C20H15ClF2N4O2. The second kappa shape index (κ2) is 7.29. The lowest BCUT2D eigenvalue weighted by Gasteiger charge is -2.10. The van der Waals surface area contributed by atoms with Gasteiger partial charge in [-0.3, -0.25) is 9.59 Å². The monoisotopic (exact) mass is 416 g/mol. The maximum Gasteiger partial charge on any atom is 0.251 e. The van der Waals surface area contributed by atoms with Crippen molar-refractivity contribution in [3.8, 4) is 11.1 Å². The molecule has 1 unspecified atom stereocenters. The molecule has 1 aliphatic rings. The van der Waals surface area contributed by atoms with Gasteiger partial charge in [-0.15, -0.1) is 0 Å². The first kappa shape index (κ1) is 19.1. The Labute approximate surface area is 169 Å². The Morgan fingerprint density at radius 1 is 1.24 bits per heavy atom. The van der Waals surface area contributed by atoms with Crippen molar-refractivity contribution in [2.24, 2.45) is 0 Å². The smallest absolute Gasteiger partial charge is 0.251 e. The predicted molar refractivity (Wildman–Crippen MR) is 105 cm³/mol. The first-order chi connectivity index (χ1) is 13.8. The number of hydrogen-bond donors (Lipinski definition) is 2. The number of nitrogens with zero attached hydrogens (tertiary/aromatic N) is 2. The second-order valence-electron chi connectivity index (χ2n) is 6.65. The zero-order valence-corrected chi connectivity index (χ0v) is 15.9. The highest BCUT2D eigenvalue weighted by Crippen LogP contribution is 2.38.